The van der Waals surface area contributed by atoms with Crippen LogP contribution in [0.5, 0.6) is 17.2 Å². The minimum absolute atomic E-state index is 0.0697. The highest BCUT2D eigenvalue weighted by Crippen LogP contribution is 2.38. The van der Waals surface area contributed by atoms with Crippen molar-refractivity contribution in [1.82, 2.24) is 10.2 Å². The van der Waals surface area contributed by atoms with E-state index >= 15 is 0 Å². The summed E-state index contributed by atoms with van der Waals surface area (Å²) in [6, 6.07) is 3.50. The van der Waals surface area contributed by atoms with Gasteiger partial charge in [-0.15, -0.1) is 0 Å². The van der Waals surface area contributed by atoms with Crippen LogP contribution in [0.2, 0.25) is 0 Å². The van der Waals surface area contributed by atoms with E-state index in [0.29, 0.717) is 22.8 Å². The zero-order chi connectivity index (χ0) is 20.7. The first-order chi connectivity index (χ1) is 13.4. The second kappa shape index (κ2) is 9.82. The molecule has 9 nitrogen and oxygen atoms in total. The molecule has 28 heavy (non-hydrogen) atoms. The van der Waals surface area contributed by atoms with Gasteiger partial charge in [-0.05, 0) is 30.5 Å². The summed E-state index contributed by atoms with van der Waals surface area (Å²) in [7, 11) is 5.93. The Balaban J connectivity index is 1.85. The minimum Gasteiger partial charge on any atom is -0.493 e. The van der Waals surface area contributed by atoms with Crippen LogP contribution in [-0.4, -0.2) is 70.3 Å². The van der Waals surface area contributed by atoms with Gasteiger partial charge in [0.25, 0.3) is 5.91 Å². The Hall–Kier alpha value is -2.97. The Bertz CT molecular complexity index is 706. The van der Waals surface area contributed by atoms with Crippen molar-refractivity contribution in [3.05, 3.63) is 17.7 Å². The molecule has 0 bridgehead atoms. The van der Waals surface area contributed by atoms with Crippen molar-refractivity contribution in [2.75, 3.05) is 41.5 Å². The molecule has 0 aromatic heterocycles. The molecule has 1 aromatic rings. The van der Waals surface area contributed by atoms with Crippen LogP contribution in [0.25, 0.3) is 0 Å². The number of carbonyl (C=O) groups excluding carboxylic acids is 3. The zero-order valence-electron chi connectivity index (χ0n) is 16.6. The van der Waals surface area contributed by atoms with E-state index in [2.05, 4.69) is 5.32 Å². The molecule has 2 rings (SSSR count). The highest BCUT2D eigenvalue weighted by Gasteiger charge is 2.24. The predicted octanol–water partition coefficient (Wildman–Crippen LogP) is 0.535. The average molecular weight is 394 g/mol. The van der Waals surface area contributed by atoms with Crippen LogP contribution in [0.1, 0.15) is 18.4 Å². The smallest absolute Gasteiger partial charge is 0.310 e. The fourth-order valence-corrected chi connectivity index (χ4v) is 2.51. The number of nitrogens with one attached hydrogen (secondary N) is 1. The Morgan fingerprint density at radius 1 is 1.07 bits per heavy atom. The maximum Gasteiger partial charge on any atom is 0.310 e. The molecule has 1 N–H and O–H groups in total. The monoisotopic (exact) mass is 394 g/mol. The Morgan fingerprint density at radius 3 is 2.18 bits per heavy atom. The summed E-state index contributed by atoms with van der Waals surface area (Å²) in [4.78, 5) is 37.1. The lowest BCUT2D eigenvalue weighted by Gasteiger charge is -2.17. The van der Waals surface area contributed by atoms with E-state index in [0.717, 1.165) is 12.8 Å². The molecule has 1 aliphatic rings. The fourth-order valence-electron chi connectivity index (χ4n) is 2.51. The number of amides is 2. The molecule has 0 unspecified atom stereocenters. The number of nitrogens with zero attached hydrogens (tertiary/aromatic N) is 1. The second-order valence-electron chi connectivity index (χ2n) is 6.46. The molecule has 2 amide bonds. The maximum absolute atomic E-state index is 12.1. The van der Waals surface area contributed by atoms with E-state index in [9.17, 15) is 14.4 Å². The van der Waals surface area contributed by atoms with Crippen LogP contribution < -0.4 is 19.5 Å². The van der Waals surface area contributed by atoms with Gasteiger partial charge >= 0.3 is 5.97 Å². The topological polar surface area (TPSA) is 103 Å². The van der Waals surface area contributed by atoms with Crippen molar-refractivity contribution in [3.63, 3.8) is 0 Å². The molecule has 0 spiro atoms. The minimum atomic E-state index is -0.585. The van der Waals surface area contributed by atoms with Gasteiger partial charge in [-0.2, -0.15) is 0 Å². The standard InChI is InChI=1S/C19H26N2O7/c1-21(10-16(22)20-13-5-6-13)17(23)11-28-18(24)9-12-7-14(25-2)19(27-4)15(8-12)26-3/h7-8,13H,5-6,9-11H2,1-4H3,(H,20,22). The normalized spacial score (nSPS) is 12.7. The molecule has 0 aliphatic heterocycles. The van der Waals surface area contributed by atoms with Crippen molar-refractivity contribution in [1.29, 1.82) is 0 Å². The summed E-state index contributed by atoms with van der Waals surface area (Å²) >= 11 is 0. The zero-order valence-corrected chi connectivity index (χ0v) is 16.6. The molecule has 0 radical (unpaired) electrons. The highest BCUT2D eigenvalue weighted by molar-refractivity contribution is 5.86. The highest BCUT2D eigenvalue weighted by atomic mass is 16.5. The van der Waals surface area contributed by atoms with Gasteiger partial charge < -0.3 is 29.2 Å². The number of methoxy groups -OCH3 is 3. The Kier molecular flexibility index (Phi) is 7.48. The van der Waals surface area contributed by atoms with Gasteiger partial charge in [0.05, 0.1) is 34.3 Å². The maximum atomic E-state index is 12.1. The number of likely N-dealkylation sites (N-methyl/N-ethyl adjacent to an activating group) is 1. The molecule has 1 aliphatic carbocycles. The van der Waals surface area contributed by atoms with Crippen molar-refractivity contribution in [2.24, 2.45) is 0 Å². The number of rotatable bonds is 10. The quantitative estimate of drug-likeness (QED) is 0.578. The second-order valence-corrected chi connectivity index (χ2v) is 6.46. The molecule has 1 saturated carbocycles. The van der Waals surface area contributed by atoms with Gasteiger partial charge in [0.2, 0.25) is 11.7 Å². The number of ether oxygens (including phenoxy) is 4. The summed E-state index contributed by atoms with van der Waals surface area (Å²) in [6.45, 7) is -0.504. The molecule has 0 heterocycles. The molecule has 9 heteroatoms. The largest absolute Gasteiger partial charge is 0.493 e. The molecule has 1 fully saturated rings. The molecule has 0 atom stereocenters. The first-order valence-electron chi connectivity index (χ1n) is 8.85. The van der Waals surface area contributed by atoms with Crippen LogP contribution in [0, 0.1) is 0 Å². The van der Waals surface area contributed by atoms with E-state index < -0.39 is 18.5 Å². The van der Waals surface area contributed by atoms with Crippen molar-refractivity contribution >= 4 is 17.8 Å². The lowest BCUT2D eigenvalue weighted by Crippen LogP contribution is -2.40. The summed E-state index contributed by atoms with van der Waals surface area (Å²) in [5, 5.41) is 2.79. The van der Waals surface area contributed by atoms with Crippen LogP contribution in [-0.2, 0) is 25.5 Å². The first-order valence-corrected chi connectivity index (χ1v) is 8.85. The number of benzene rings is 1. The van der Waals surface area contributed by atoms with Crippen LogP contribution >= 0.6 is 0 Å². The predicted molar refractivity (Wildman–Crippen MR) is 99.6 cm³/mol. The van der Waals surface area contributed by atoms with Gasteiger partial charge in [-0.25, -0.2) is 0 Å². The van der Waals surface area contributed by atoms with Gasteiger partial charge in [-0.1, -0.05) is 0 Å². The number of hydrogen-bond donors (Lipinski definition) is 1. The third kappa shape index (κ3) is 6.04. The van der Waals surface area contributed by atoms with E-state index in [-0.39, 0.29) is 24.9 Å². The lowest BCUT2D eigenvalue weighted by molar-refractivity contribution is -0.151. The third-order valence-electron chi connectivity index (χ3n) is 4.18. The Labute approximate surface area is 163 Å². The van der Waals surface area contributed by atoms with Gasteiger partial charge in [0.1, 0.15) is 0 Å². The summed E-state index contributed by atoms with van der Waals surface area (Å²) in [5.74, 6) is -0.00240. The van der Waals surface area contributed by atoms with Gasteiger partial charge in [-0.3, -0.25) is 14.4 Å². The molecule has 0 saturated heterocycles. The van der Waals surface area contributed by atoms with E-state index in [1.54, 1.807) is 12.1 Å². The van der Waals surface area contributed by atoms with E-state index in [1.807, 2.05) is 0 Å². The number of carbonyl (C=O) groups is 3. The number of esters is 1. The average Bonchev–Trinajstić information content (AvgIpc) is 3.48. The molecular formula is C19H26N2O7. The fraction of sp³-hybridized carbons (Fsp3) is 0.526. The summed E-state index contributed by atoms with van der Waals surface area (Å²) < 4.78 is 20.8. The first kappa shape index (κ1) is 21.3. The van der Waals surface area contributed by atoms with Crippen LogP contribution in [0.3, 0.4) is 0 Å². The molecule has 1 aromatic carbocycles. The summed E-state index contributed by atoms with van der Waals surface area (Å²) in [5.41, 5.74) is 0.587. The summed E-state index contributed by atoms with van der Waals surface area (Å²) in [6.07, 6.45) is 1.87. The lowest BCUT2D eigenvalue weighted by atomic mass is 10.1. The number of hydrogen-bond acceptors (Lipinski definition) is 7. The third-order valence-corrected chi connectivity index (χ3v) is 4.18. The molecular weight excluding hydrogens is 368 g/mol. The van der Waals surface area contributed by atoms with Gasteiger partial charge in [0.15, 0.2) is 18.1 Å². The van der Waals surface area contributed by atoms with E-state index in [4.69, 9.17) is 18.9 Å². The van der Waals surface area contributed by atoms with Gasteiger partial charge in [0, 0.05) is 13.1 Å². The van der Waals surface area contributed by atoms with E-state index in [1.165, 1.54) is 33.3 Å². The van der Waals surface area contributed by atoms with Crippen LogP contribution in [0.15, 0.2) is 12.1 Å². The van der Waals surface area contributed by atoms with Crippen LogP contribution in [0.4, 0.5) is 0 Å². The Morgan fingerprint density at radius 2 is 1.68 bits per heavy atom. The van der Waals surface area contributed by atoms with Crippen molar-refractivity contribution < 1.29 is 33.3 Å². The SMILES string of the molecule is COc1cc(CC(=O)OCC(=O)N(C)CC(=O)NC2CC2)cc(OC)c1OC. The molecule has 154 valence electrons. The van der Waals surface area contributed by atoms with Crippen molar-refractivity contribution in [3.8, 4) is 17.2 Å². The van der Waals surface area contributed by atoms with Crippen molar-refractivity contribution in [2.45, 2.75) is 25.3 Å².